The van der Waals surface area contributed by atoms with E-state index in [-0.39, 0.29) is 33.0 Å². The molecular formula is C27H34F3N3O5SSi. The van der Waals surface area contributed by atoms with E-state index in [4.69, 9.17) is 4.43 Å². The third-order valence-electron chi connectivity index (χ3n) is 8.03. The minimum Gasteiger partial charge on any atom is -0.414 e. The molecule has 3 amide bonds. The molecule has 2 N–H and O–H groups in total. The zero-order valence-electron chi connectivity index (χ0n) is 23.3. The van der Waals surface area contributed by atoms with Crippen molar-refractivity contribution in [2.45, 2.75) is 88.6 Å². The summed E-state index contributed by atoms with van der Waals surface area (Å²) in [7, 11) is -6.34. The molecule has 0 atom stereocenters. The number of nitrogens with zero attached hydrogens (tertiary/aromatic N) is 1. The molecule has 0 radical (unpaired) electrons. The van der Waals surface area contributed by atoms with Crippen LogP contribution in [-0.4, -0.2) is 45.1 Å². The summed E-state index contributed by atoms with van der Waals surface area (Å²) in [5.41, 5.74) is -0.0845. The van der Waals surface area contributed by atoms with E-state index in [1.807, 2.05) is 0 Å². The molecule has 0 bridgehead atoms. The van der Waals surface area contributed by atoms with Crippen molar-refractivity contribution in [1.29, 1.82) is 0 Å². The van der Waals surface area contributed by atoms with Crippen LogP contribution < -0.4 is 10.6 Å². The van der Waals surface area contributed by atoms with Gasteiger partial charge in [-0.3, -0.25) is 4.79 Å². The fourth-order valence-corrected chi connectivity index (χ4v) is 7.96. The lowest BCUT2D eigenvalue weighted by molar-refractivity contribution is 0.102. The van der Waals surface area contributed by atoms with E-state index in [1.165, 1.54) is 13.0 Å². The topological polar surface area (TPSA) is 105 Å². The first-order chi connectivity index (χ1) is 18.4. The second kappa shape index (κ2) is 10.5. The lowest BCUT2D eigenvalue weighted by Crippen LogP contribution is -2.52. The van der Waals surface area contributed by atoms with Crippen molar-refractivity contribution in [3.05, 3.63) is 52.8 Å². The molecule has 40 heavy (non-hydrogen) atoms. The highest BCUT2D eigenvalue weighted by molar-refractivity contribution is 7.90. The normalized spacial score (nSPS) is 21.0. The smallest absolute Gasteiger partial charge is 0.336 e. The second-order valence-electron chi connectivity index (χ2n) is 11.9. The Labute approximate surface area is 233 Å². The molecule has 1 fully saturated rings. The first-order valence-corrected chi connectivity index (χ1v) is 17.4. The quantitative estimate of drug-likeness (QED) is 0.301. The predicted molar refractivity (Wildman–Crippen MR) is 148 cm³/mol. The molecule has 1 heterocycles. The summed E-state index contributed by atoms with van der Waals surface area (Å²) < 4.78 is 75.3. The number of rotatable bonds is 5. The number of urea groups is 1. The van der Waals surface area contributed by atoms with Gasteiger partial charge in [0.05, 0.1) is 11.7 Å². The van der Waals surface area contributed by atoms with Gasteiger partial charge in [-0.1, -0.05) is 20.8 Å². The molecule has 1 aliphatic carbocycles. The van der Waals surface area contributed by atoms with Crippen molar-refractivity contribution < 1.29 is 35.6 Å². The zero-order chi connectivity index (χ0) is 29.8. The average molecular weight is 598 g/mol. The molecule has 1 aliphatic heterocycles. The molecule has 0 spiro atoms. The SMILES string of the molecule is Cc1cc2c(cc1C(=O)Nc1cc(F)c(F)c(F)c1)S(=O)(=O)N(C1CCC(O[Si](C)(C)C(C)(C)C)CC1)C(=O)N2. The number of hydrogen-bond acceptors (Lipinski definition) is 5. The number of carbonyl (C=O) groups is 2. The van der Waals surface area contributed by atoms with Gasteiger partial charge in [0, 0.05) is 29.5 Å². The van der Waals surface area contributed by atoms with Crippen LogP contribution in [0.1, 0.15) is 62.4 Å². The van der Waals surface area contributed by atoms with Crippen LogP contribution in [0.25, 0.3) is 0 Å². The van der Waals surface area contributed by atoms with Crippen molar-refractivity contribution in [2.24, 2.45) is 0 Å². The molecule has 2 aromatic carbocycles. The van der Waals surface area contributed by atoms with E-state index < -0.39 is 53.8 Å². The molecule has 0 aromatic heterocycles. The van der Waals surface area contributed by atoms with Gasteiger partial charge in [-0.15, -0.1) is 0 Å². The van der Waals surface area contributed by atoms with Gasteiger partial charge in [-0.25, -0.2) is 30.7 Å². The van der Waals surface area contributed by atoms with Gasteiger partial charge >= 0.3 is 6.03 Å². The summed E-state index contributed by atoms with van der Waals surface area (Å²) in [4.78, 5) is 25.7. The zero-order valence-corrected chi connectivity index (χ0v) is 25.1. The monoisotopic (exact) mass is 597 g/mol. The maximum atomic E-state index is 13.7. The third kappa shape index (κ3) is 5.63. The van der Waals surface area contributed by atoms with Gasteiger partial charge in [0.2, 0.25) is 0 Å². The lowest BCUT2D eigenvalue weighted by Gasteiger charge is -2.43. The Morgan fingerprint density at radius 1 is 1.05 bits per heavy atom. The number of sulfonamides is 1. The number of amides is 3. The Morgan fingerprint density at radius 2 is 1.62 bits per heavy atom. The number of aryl methyl sites for hydroxylation is 1. The third-order valence-corrected chi connectivity index (χ3v) is 14.4. The first kappa shape index (κ1) is 30.1. The van der Waals surface area contributed by atoms with Crippen molar-refractivity contribution >= 4 is 41.7 Å². The van der Waals surface area contributed by atoms with E-state index in [1.54, 1.807) is 0 Å². The Balaban J connectivity index is 1.56. The number of hydrogen-bond donors (Lipinski definition) is 2. The predicted octanol–water partition coefficient (Wildman–Crippen LogP) is 6.53. The fraction of sp³-hybridized carbons (Fsp3) is 0.481. The average Bonchev–Trinajstić information content (AvgIpc) is 2.82. The highest BCUT2D eigenvalue weighted by Gasteiger charge is 2.45. The van der Waals surface area contributed by atoms with Crippen molar-refractivity contribution in [2.75, 3.05) is 10.6 Å². The molecule has 1 saturated carbocycles. The molecule has 8 nitrogen and oxygen atoms in total. The summed E-state index contributed by atoms with van der Waals surface area (Å²) in [6, 6.07) is 2.37. The van der Waals surface area contributed by atoms with Crippen LogP contribution in [0, 0.1) is 24.4 Å². The number of fused-ring (bicyclic) bond motifs is 1. The maximum Gasteiger partial charge on any atom is 0.336 e. The Morgan fingerprint density at radius 3 is 2.17 bits per heavy atom. The van der Waals surface area contributed by atoms with E-state index in [9.17, 15) is 31.2 Å². The molecule has 2 aliphatic rings. The van der Waals surface area contributed by atoms with Crippen molar-refractivity contribution in [3.8, 4) is 0 Å². The molecule has 0 unspecified atom stereocenters. The Hall–Kier alpha value is -2.90. The highest BCUT2D eigenvalue weighted by atomic mass is 32.2. The number of benzene rings is 2. The van der Waals surface area contributed by atoms with Crippen LogP contribution >= 0.6 is 0 Å². The van der Waals surface area contributed by atoms with Crippen LogP contribution in [-0.2, 0) is 14.4 Å². The van der Waals surface area contributed by atoms with Crippen LogP contribution in [0.4, 0.5) is 29.3 Å². The van der Waals surface area contributed by atoms with Gasteiger partial charge in [0.1, 0.15) is 4.90 Å². The molecule has 4 rings (SSSR count). The summed E-state index contributed by atoms with van der Waals surface area (Å²) in [6.07, 6.45) is 2.06. The van der Waals surface area contributed by atoms with Crippen LogP contribution in [0.15, 0.2) is 29.2 Å². The molecule has 218 valence electrons. The van der Waals surface area contributed by atoms with Crippen LogP contribution in [0.5, 0.6) is 0 Å². The van der Waals surface area contributed by atoms with Gasteiger partial charge in [0.25, 0.3) is 15.9 Å². The van der Waals surface area contributed by atoms with Gasteiger partial charge < -0.3 is 15.1 Å². The summed E-state index contributed by atoms with van der Waals surface area (Å²) in [6.45, 7) is 12.3. The summed E-state index contributed by atoms with van der Waals surface area (Å²) >= 11 is 0. The molecule has 0 saturated heterocycles. The fourth-order valence-electron chi connectivity index (χ4n) is 4.81. The highest BCUT2D eigenvalue weighted by Crippen LogP contribution is 2.41. The Kier molecular flexibility index (Phi) is 7.89. The van der Waals surface area contributed by atoms with Crippen molar-refractivity contribution in [1.82, 2.24) is 4.31 Å². The number of carbonyl (C=O) groups excluding carboxylic acids is 2. The van der Waals surface area contributed by atoms with E-state index in [0.717, 1.165) is 10.4 Å². The molecule has 2 aromatic rings. The summed E-state index contributed by atoms with van der Waals surface area (Å²) in [5.74, 6) is -5.50. The minimum atomic E-state index is -4.33. The number of nitrogens with one attached hydrogen (secondary N) is 2. The van der Waals surface area contributed by atoms with Gasteiger partial charge in [0.15, 0.2) is 25.8 Å². The van der Waals surface area contributed by atoms with Crippen LogP contribution in [0.2, 0.25) is 18.1 Å². The molecular weight excluding hydrogens is 563 g/mol. The lowest BCUT2D eigenvalue weighted by atomic mass is 9.93. The minimum absolute atomic E-state index is 0.0148. The maximum absolute atomic E-state index is 13.7. The second-order valence-corrected chi connectivity index (χ2v) is 18.5. The van der Waals surface area contributed by atoms with Crippen LogP contribution in [0.3, 0.4) is 0 Å². The summed E-state index contributed by atoms with van der Waals surface area (Å²) in [5, 5.41) is 4.92. The van der Waals surface area contributed by atoms with E-state index >= 15 is 0 Å². The molecule has 13 heteroatoms. The number of anilines is 2. The standard InChI is InChI=1S/C27H34F3N3O5SSi/c1-15-11-22-23(14-19(15)25(34)31-16-12-20(28)24(30)21(29)13-16)39(36,37)33(26(35)32-22)17-7-9-18(10-8-17)38-40(5,6)27(2,3)4/h11-14,17-18H,7-10H2,1-6H3,(H,31,34)(H,32,35). The Bertz CT molecular complexity index is 1450. The van der Waals surface area contributed by atoms with Gasteiger partial charge in [-0.2, -0.15) is 0 Å². The van der Waals surface area contributed by atoms with E-state index in [2.05, 4.69) is 44.5 Å². The first-order valence-electron chi connectivity index (χ1n) is 13.1. The largest absolute Gasteiger partial charge is 0.414 e. The van der Waals surface area contributed by atoms with Crippen molar-refractivity contribution in [3.63, 3.8) is 0 Å². The van der Waals surface area contributed by atoms with Gasteiger partial charge in [-0.05, 0) is 68.4 Å². The van der Waals surface area contributed by atoms with E-state index in [0.29, 0.717) is 43.4 Å². The number of halogens is 3.